The average molecular weight is 400 g/mol. The summed E-state index contributed by atoms with van der Waals surface area (Å²) in [5, 5.41) is 3.91. The molecular weight excluding hydrogens is 374 g/mol. The van der Waals surface area contributed by atoms with Crippen LogP contribution in [-0.4, -0.2) is 32.4 Å². The molecule has 1 amide bonds. The van der Waals surface area contributed by atoms with E-state index in [9.17, 15) is 13.2 Å². The van der Waals surface area contributed by atoms with E-state index in [0.717, 1.165) is 29.3 Å². The molecule has 148 valence electrons. The van der Waals surface area contributed by atoms with Crippen LogP contribution in [-0.2, 0) is 16.4 Å². The molecule has 0 saturated heterocycles. The Morgan fingerprint density at radius 1 is 1.04 bits per heavy atom. The van der Waals surface area contributed by atoms with Crippen LogP contribution in [0.2, 0.25) is 0 Å². The van der Waals surface area contributed by atoms with E-state index < -0.39 is 10.0 Å². The summed E-state index contributed by atoms with van der Waals surface area (Å²) in [6, 6.07) is 13.9. The number of carbonyl (C=O) groups is 1. The van der Waals surface area contributed by atoms with Crippen molar-refractivity contribution in [2.24, 2.45) is 0 Å². The zero-order valence-electron chi connectivity index (χ0n) is 15.9. The van der Waals surface area contributed by atoms with Crippen LogP contribution in [0, 0.1) is 0 Å². The molecule has 28 heavy (non-hydrogen) atoms. The number of sulfonamides is 1. The Bertz CT molecular complexity index is 1040. The molecule has 3 aromatic rings. The molecule has 3 N–H and O–H groups in total. The fourth-order valence-electron chi connectivity index (χ4n) is 3.01. The quantitative estimate of drug-likeness (QED) is 0.483. The van der Waals surface area contributed by atoms with Crippen LogP contribution in [0.3, 0.4) is 0 Å². The number of nitrogens with one attached hydrogen (secondary N) is 3. The van der Waals surface area contributed by atoms with E-state index in [0.29, 0.717) is 25.1 Å². The Kier molecular flexibility index (Phi) is 6.49. The van der Waals surface area contributed by atoms with Crippen LogP contribution in [0.1, 0.15) is 35.7 Å². The van der Waals surface area contributed by atoms with Gasteiger partial charge in [0.2, 0.25) is 10.0 Å². The smallest absolute Gasteiger partial charge is 0.251 e. The normalized spacial score (nSPS) is 11.6. The third-order valence-corrected chi connectivity index (χ3v) is 6.08. The van der Waals surface area contributed by atoms with Gasteiger partial charge in [-0.1, -0.05) is 31.5 Å². The standard InChI is InChI=1S/C21H25N3O3S/c1-2-3-13-22-21(25)16-8-10-18(11-9-16)28(26,27)24-14-12-17-15-23-20-7-5-4-6-19(17)20/h4-11,15,23-24H,2-3,12-14H2,1H3,(H,22,25). The van der Waals surface area contributed by atoms with Gasteiger partial charge in [0.15, 0.2) is 0 Å². The van der Waals surface area contributed by atoms with Gasteiger partial charge >= 0.3 is 0 Å². The van der Waals surface area contributed by atoms with E-state index in [1.807, 2.05) is 30.5 Å². The average Bonchev–Trinajstić information content (AvgIpc) is 3.11. The number of hydrogen-bond donors (Lipinski definition) is 3. The molecule has 2 aromatic carbocycles. The first-order valence-corrected chi connectivity index (χ1v) is 10.9. The third-order valence-electron chi connectivity index (χ3n) is 4.60. The van der Waals surface area contributed by atoms with E-state index in [2.05, 4.69) is 21.9 Å². The lowest BCUT2D eigenvalue weighted by molar-refractivity contribution is 0.0953. The molecule has 6 nitrogen and oxygen atoms in total. The van der Waals surface area contributed by atoms with Gasteiger partial charge in [-0.05, 0) is 48.7 Å². The van der Waals surface area contributed by atoms with Crippen molar-refractivity contribution in [3.8, 4) is 0 Å². The zero-order chi connectivity index (χ0) is 20.0. The first kappa shape index (κ1) is 20.1. The molecule has 0 spiro atoms. The number of aromatic nitrogens is 1. The molecule has 3 rings (SSSR count). The number of amides is 1. The van der Waals surface area contributed by atoms with Gasteiger partial charge in [0.1, 0.15) is 0 Å². The van der Waals surface area contributed by atoms with Gasteiger partial charge in [0, 0.05) is 35.8 Å². The Balaban J connectivity index is 1.59. The number of para-hydroxylation sites is 1. The fourth-order valence-corrected chi connectivity index (χ4v) is 4.04. The highest BCUT2D eigenvalue weighted by Gasteiger charge is 2.15. The third kappa shape index (κ3) is 4.79. The lowest BCUT2D eigenvalue weighted by Gasteiger charge is -2.08. The maximum absolute atomic E-state index is 12.5. The van der Waals surface area contributed by atoms with Gasteiger partial charge in [-0.2, -0.15) is 0 Å². The monoisotopic (exact) mass is 399 g/mol. The number of benzene rings is 2. The van der Waals surface area contributed by atoms with Gasteiger partial charge in [-0.25, -0.2) is 13.1 Å². The van der Waals surface area contributed by atoms with Crippen molar-refractivity contribution >= 4 is 26.8 Å². The maximum atomic E-state index is 12.5. The SMILES string of the molecule is CCCCNC(=O)c1ccc(S(=O)(=O)NCCc2c[nH]c3ccccc23)cc1. The molecule has 7 heteroatoms. The van der Waals surface area contributed by atoms with E-state index in [4.69, 9.17) is 0 Å². The van der Waals surface area contributed by atoms with E-state index >= 15 is 0 Å². The zero-order valence-corrected chi connectivity index (χ0v) is 16.7. The van der Waals surface area contributed by atoms with Gasteiger partial charge < -0.3 is 10.3 Å². The van der Waals surface area contributed by atoms with E-state index in [1.54, 1.807) is 0 Å². The highest BCUT2D eigenvalue weighted by molar-refractivity contribution is 7.89. The Morgan fingerprint density at radius 2 is 1.79 bits per heavy atom. The lowest BCUT2D eigenvalue weighted by Crippen LogP contribution is -2.26. The van der Waals surface area contributed by atoms with E-state index in [1.165, 1.54) is 24.3 Å². The highest BCUT2D eigenvalue weighted by atomic mass is 32.2. The van der Waals surface area contributed by atoms with Crippen LogP contribution in [0.5, 0.6) is 0 Å². The second-order valence-corrected chi connectivity index (χ2v) is 8.41. The Morgan fingerprint density at radius 3 is 2.54 bits per heavy atom. The summed E-state index contributed by atoms with van der Waals surface area (Å²) in [4.78, 5) is 15.3. The molecule has 1 heterocycles. The second-order valence-electron chi connectivity index (χ2n) is 6.64. The molecule has 0 radical (unpaired) electrons. The molecule has 0 saturated carbocycles. The minimum atomic E-state index is -3.62. The molecule has 0 unspecified atom stereocenters. The molecule has 0 aliphatic heterocycles. The van der Waals surface area contributed by atoms with Gasteiger partial charge in [0.05, 0.1) is 4.90 Å². The molecule has 0 bridgehead atoms. The summed E-state index contributed by atoms with van der Waals surface area (Å²) in [7, 11) is -3.62. The number of hydrogen-bond acceptors (Lipinski definition) is 3. The summed E-state index contributed by atoms with van der Waals surface area (Å²) < 4.78 is 27.6. The number of H-pyrrole nitrogens is 1. The summed E-state index contributed by atoms with van der Waals surface area (Å²) in [6.07, 6.45) is 4.41. The summed E-state index contributed by atoms with van der Waals surface area (Å²) in [6.45, 7) is 2.96. The van der Waals surface area contributed by atoms with Crippen molar-refractivity contribution in [2.75, 3.05) is 13.1 Å². The van der Waals surface area contributed by atoms with Crippen LogP contribution in [0.15, 0.2) is 59.6 Å². The lowest BCUT2D eigenvalue weighted by atomic mass is 10.1. The summed E-state index contributed by atoms with van der Waals surface area (Å²) in [5.74, 6) is -0.190. The molecule has 1 aromatic heterocycles. The molecule has 0 aliphatic rings. The second kappa shape index (κ2) is 9.03. The summed E-state index contributed by atoms with van der Waals surface area (Å²) >= 11 is 0. The Labute approximate surface area is 165 Å². The molecule has 0 aliphatic carbocycles. The van der Waals surface area contributed by atoms with Crippen molar-refractivity contribution in [3.05, 3.63) is 65.9 Å². The molecular formula is C21H25N3O3S. The van der Waals surface area contributed by atoms with Crippen LogP contribution < -0.4 is 10.0 Å². The summed E-state index contributed by atoms with van der Waals surface area (Å²) in [5.41, 5.74) is 2.56. The minimum absolute atomic E-state index is 0.150. The number of fused-ring (bicyclic) bond motifs is 1. The molecule has 0 fully saturated rings. The first-order valence-electron chi connectivity index (χ1n) is 9.44. The van der Waals surface area contributed by atoms with Gasteiger partial charge in [0.25, 0.3) is 5.91 Å². The fraction of sp³-hybridized carbons (Fsp3) is 0.286. The van der Waals surface area contributed by atoms with Crippen LogP contribution in [0.4, 0.5) is 0 Å². The van der Waals surface area contributed by atoms with Gasteiger partial charge in [-0.15, -0.1) is 0 Å². The highest BCUT2D eigenvalue weighted by Crippen LogP contribution is 2.18. The van der Waals surface area contributed by atoms with Crippen LogP contribution in [0.25, 0.3) is 10.9 Å². The first-order chi connectivity index (χ1) is 13.5. The number of carbonyl (C=O) groups excluding carboxylic acids is 1. The predicted octanol–water partition coefficient (Wildman–Crippen LogP) is 3.22. The maximum Gasteiger partial charge on any atom is 0.251 e. The topological polar surface area (TPSA) is 91.1 Å². The van der Waals surface area contributed by atoms with Crippen molar-refractivity contribution < 1.29 is 13.2 Å². The van der Waals surface area contributed by atoms with Crippen molar-refractivity contribution in [1.82, 2.24) is 15.0 Å². The predicted molar refractivity (Wildman–Crippen MR) is 111 cm³/mol. The van der Waals surface area contributed by atoms with Crippen LogP contribution >= 0.6 is 0 Å². The number of aromatic amines is 1. The van der Waals surface area contributed by atoms with Crippen molar-refractivity contribution in [1.29, 1.82) is 0 Å². The minimum Gasteiger partial charge on any atom is -0.361 e. The molecule has 0 atom stereocenters. The largest absolute Gasteiger partial charge is 0.361 e. The number of unbranched alkanes of at least 4 members (excludes halogenated alkanes) is 1. The van der Waals surface area contributed by atoms with Crippen molar-refractivity contribution in [3.63, 3.8) is 0 Å². The van der Waals surface area contributed by atoms with E-state index in [-0.39, 0.29) is 10.8 Å². The number of rotatable bonds is 9. The Hall–Kier alpha value is -2.64. The van der Waals surface area contributed by atoms with Gasteiger partial charge in [-0.3, -0.25) is 4.79 Å². The van der Waals surface area contributed by atoms with Crippen molar-refractivity contribution in [2.45, 2.75) is 31.1 Å².